The lowest BCUT2D eigenvalue weighted by Crippen LogP contribution is -2.32. The minimum atomic E-state index is -0.889. The first-order chi connectivity index (χ1) is 11.5. The van der Waals surface area contributed by atoms with Crippen molar-refractivity contribution in [3.8, 4) is 0 Å². The van der Waals surface area contributed by atoms with Crippen molar-refractivity contribution >= 4 is 11.9 Å². The van der Waals surface area contributed by atoms with Gasteiger partial charge >= 0.3 is 5.97 Å². The molecule has 0 fully saturated rings. The van der Waals surface area contributed by atoms with Crippen LogP contribution in [-0.4, -0.2) is 28.4 Å². The molecule has 4 nitrogen and oxygen atoms in total. The molecule has 5 heteroatoms. The van der Waals surface area contributed by atoms with Crippen LogP contribution < -0.4 is 0 Å². The van der Waals surface area contributed by atoms with Crippen molar-refractivity contribution in [1.82, 2.24) is 4.90 Å². The zero-order valence-electron chi connectivity index (χ0n) is 13.5. The third-order valence-corrected chi connectivity index (χ3v) is 3.74. The summed E-state index contributed by atoms with van der Waals surface area (Å²) in [5.41, 5.74) is 1.96. The predicted octanol–water partition coefficient (Wildman–Crippen LogP) is 3.64. The minimum Gasteiger partial charge on any atom is -0.481 e. The standard InChI is InChI=1S/C19H20FNO3/c1-14-12-16(20)9-10-17(14)19(24)21(11-5-8-18(22)23)13-15-6-3-2-4-7-15/h2-4,6-7,9-10,12H,5,8,11,13H2,1H3,(H,22,23). The quantitative estimate of drug-likeness (QED) is 0.844. The molecule has 0 aliphatic rings. The van der Waals surface area contributed by atoms with Crippen LogP contribution in [0, 0.1) is 12.7 Å². The number of halogens is 1. The molecule has 0 aliphatic heterocycles. The predicted molar refractivity (Wildman–Crippen MR) is 89.2 cm³/mol. The van der Waals surface area contributed by atoms with E-state index in [1.807, 2.05) is 30.3 Å². The van der Waals surface area contributed by atoms with E-state index in [4.69, 9.17) is 5.11 Å². The van der Waals surface area contributed by atoms with E-state index in [2.05, 4.69) is 0 Å². The van der Waals surface area contributed by atoms with Crippen molar-refractivity contribution in [3.63, 3.8) is 0 Å². The normalized spacial score (nSPS) is 10.4. The maximum Gasteiger partial charge on any atom is 0.303 e. The number of carboxylic acid groups (broad SMARTS) is 1. The summed E-state index contributed by atoms with van der Waals surface area (Å²) in [6.07, 6.45) is 0.370. The molecule has 0 spiro atoms. The summed E-state index contributed by atoms with van der Waals surface area (Å²) in [7, 11) is 0. The van der Waals surface area contributed by atoms with Crippen LogP contribution in [0.5, 0.6) is 0 Å². The number of hydrogen-bond acceptors (Lipinski definition) is 2. The Kier molecular flexibility index (Phi) is 6.07. The number of aryl methyl sites for hydroxylation is 1. The van der Waals surface area contributed by atoms with E-state index in [0.717, 1.165) is 5.56 Å². The van der Waals surface area contributed by atoms with Gasteiger partial charge in [-0.1, -0.05) is 30.3 Å². The van der Waals surface area contributed by atoms with Gasteiger partial charge in [0.15, 0.2) is 0 Å². The van der Waals surface area contributed by atoms with Crippen LogP contribution in [0.4, 0.5) is 4.39 Å². The lowest BCUT2D eigenvalue weighted by molar-refractivity contribution is -0.137. The van der Waals surface area contributed by atoms with Gasteiger partial charge < -0.3 is 10.0 Å². The van der Waals surface area contributed by atoms with Crippen LogP contribution in [0.25, 0.3) is 0 Å². The maximum absolute atomic E-state index is 13.3. The van der Waals surface area contributed by atoms with E-state index in [-0.39, 0.29) is 18.1 Å². The summed E-state index contributed by atoms with van der Waals surface area (Å²) in [5.74, 6) is -1.49. The molecule has 0 aliphatic carbocycles. The Balaban J connectivity index is 2.19. The second-order valence-corrected chi connectivity index (χ2v) is 5.67. The summed E-state index contributed by atoms with van der Waals surface area (Å²) in [4.78, 5) is 25.1. The number of aliphatic carboxylic acids is 1. The highest BCUT2D eigenvalue weighted by Crippen LogP contribution is 2.16. The van der Waals surface area contributed by atoms with Gasteiger partial charge in [0.25, 0.3) is 5.91 Å². The number of benzene rings is 2. The number of amides is 1. The van der Waals surface area contributed by atoms with Crippen molar-refractivity contribution in [3.05, 3.63) is 71.0 Å². The van der Waals surface area contributed by atoms with Gasteiger partial charge in [-0.15, -0.1) is 0 Å². The molecule has 0 unspecified atom stereocenters. The molecule has 24 heavy (non-hydrogen) atoms. The summed E-state index contributed by atoms with van der Waals surface area (Å²) < 4.78 is 13.3. The SMILES string of the molecule is Cc1cc(F)ccc1C(=O)N(CCCC(=O)O)Cc1ccccc1. The first kappa shape index (κ1) is 17.7. The van der Waals surface area contributed by atoms with E-state index in [1.54, 1.807) is 11.8 Å². The van der Waals surface area contributed by atoms with Gasteiger partial charge in [-0.2, -0.15) is 0 Å². The summed E-state index contributed by atoms with van der Waals surface area (Å²) >= 11 is 0. The number of nitrogens with zero attached hydrogens (tertiary/aromatic N) is 1. The van der Waals surface area contributed by atoms with Crippen molar-refractivity contribution < 1.29 is 19.1 Å². The Labute approximate surface area is 140 Å². The fraction of sp³-hybridized carbons (Fsp3) is 0.263. The summed E-state index contributed by atoms with van der Waals surface area (Å²) in [6.45, 7) is 2.40. The molecule has 2 rings (SSSR count). The molecule has 0 radical (unpaired) electrons. The van der Waals surface area contributed by atoms with Crippen molar-refractivity contribution in [1.29, 1.82) is 0 Å². The molecule has 0 heterocycles. The second-order valence-electron chi connectivity index (χ2n) is 5.67. The average molecular weight is 329 g/mol. The second kappa shape index (κ2) is 8.24. The highest BCUT2D eigenvalue weighted by molar-refractivity contribution is 5.95. The molecule has 1 amide bonds. The first-order valence-electron chi connectivity index (χ1n) is 7.78. The highest BCUT2D eigenvalue weighted by atomic mass is 19.1. The zero-order valence-corrected chi connectivity index (χ0v) is 13.5. The Morgan fingerprint density at radius 3 is 2.46 bits per heavy atom. The molecule has 0 aromatic heterocycles. The molecule has 1 N–H and O–H groups in total. The fourth-order valence-corrected chi connectivity index (χ4v) is 2.51. The minimum absolute atomic E-state index is 0.000962. The summed E-state index contributed by atoms with van der Waals surface area (Å²) in [5, 5.41) is 8.80. The van der Waals surface area contributed by atoms with E-state index < -0.39 is 5.97 Å². The maximum atomic E-state index is 13.3. The Morgan fingerprint density at radius 1 is 1.12 bits per heavy atom. The Morgan fingerprint density at radius 2 is 1.83 bits per heavy atom. The van der Waals surface area contributed by atoms with Gasteiger partial charge in [-0.05, 0) is 42.7 Å². The van der Waals surface area contributed by atoms with E-state index in [9.17, 15) is 14.0 Å². The van der Waals surface area contributed by atoms with Crippen molar-refractivity contribution in [2.24, 2.45) is 0 Å². The van der Waals surface area contributed by atoms with Crippen molar-refractivity contribution in [2.45, 2.75) is 26.3 Å². The highest BCUT2D eigenvalue weighted by Gasteiger charge is 2.18. The first-order valence-corrected chi connectivity index (χ1v) is 7.78. The third-order valence-electron chi connectivity index (χ3n) is 3.74. The van der Waals surface area contributed by atoms with Gasteiger partial charge in [-0.3, -0.25) is 9.59 Å². The molecular formula is C19H20FNO3. The van der Waals surface area contributed by atoms with Gasteiger partial charge in [0, 0.05) is 25.1 Å². The topological polar surface area (TPSA) is 57.6 Å². The summed E-state index contributed by atoms with van der Waals surface area (Å²) in [6, 6.07) is 13.6. The van der Waals surface area contributed by atoms with E-state index in [0.29, 0.717) is 30.6 Å². The van der Waals surface area contributed by atoms with Crippen LogP contribution in [0.1, 0.15) is 34.3 Å². The van der Waals surface area contributed by atoms with Crippen LogP contribution in [0.15, 0.2) is 48.5 Å². The van der Waals surface area contributed by atoms with Crippen LogP contribution in [-0.2, 0) is 11.3 Å². The molecule has 0 saturated heterocycles. The molecule has 0 atom stereocenters. The molecular weight excluding hydrogens is 309 g/mol. The Hall–Kier alpha value is -2.69. The van der Waals surface area contributed by atoms with E-state index >= 15 is 0 Å². The molecule has 0 saturated carbocycles. The number of rotatable bonds is 7. The fourth-order valence-electron chi connectivity index (χ4n) is 2.51. The van der Waals surface area contributed by atoms with E-state index in [1.165, 1.54) is 18.2 Å². The zero-order chi connectivity index (χ0) is 17.5. The lowest BCUT2D eigenvalue weighted by atomic mass is 10.1. The molecule has 2 aromatic rings. The third kappa shape index (κ3) is 4.91. The smallest absolute Gasteiger partial charge is 0.303 e. The number of hydrogen-bond donors (Lipinski definition) is 1. The number of carbonyl (C=O) groups excluding carboxylic acids is 1. The molecule has 0 bridgehead atoms. The van der Waals surface area contributed by atoms with Gasteiger partial charge in [0.05, 0.1) is 0 Å². The van der Waals surface area contributed by atoms with Gasteiger partial charge in [-0.25, -0.2) is 4.39 Å². The molecule has 126 valence electrons. The molecule has 2 aromatic carbocycles. The average Bonchev–Trinajstić information content (AvgIpc) is 2.54. The number of carbonyl (C=O) groups is 2. The number of carboxylic acids is 1. The monoisotopic (exact) mass is 329 g/mol. The van der Waals surface area contributed by atoms with Crippen LogP contribution in [0.3, 0.4) is 0 Å². The van der Waals surface area contributed by atoms with Crippen LogP contribution in [0.2, 0.25) is 0 Å². The Bertz CT molecular complexity index is 716. The van der Waals surface area contributed by atoms with Gasteiger partial charge in [0.1, 0.15) is 5.82 Å². The van der Waals surface area contributed by atoms with Gasteiger partial charge in [0.2, 0.25) is 0 Å². The lowest BCUT2D eigenvalue weighted by Gasteiger charge is -2.23. The van der Waals surface area contributed by atoms with Crippen LogP contribution >= 0.6 is 0 Å². The van der Waals surface area contributed by atoms with Crippen molar-refractivity contribution in [2.75, 3.05) is 6.54 Å². The largest absolute Gasteiger partial charge is 0.481 e.